The van der Waals surface area contributed by atoms with Crippen LogP contribution in [-0.2, 0) is 0 Å². The van der Waals surface area contributed by atoms with E-state index < -0.39 is 0 Å². The Labute approximate surface area is 68.4 Å². The number of hydrogen-bond donors (Lipinski definition) is 0. The second-order valence-electron chi connectivity index (χ2n) is 3.28. The molecule has 0 bridgehead atoms. The maximum Gasteiger partial charge on any atom is 0.0784 e. The molecule has 1 saturated heterocycles. The molecule has 0 aromatic carbocycles. The Morgan fingerprint density at radius 2 is 2.20 bits per heavy atom. The van der Waals surface area contributed by atoms with Crippen LogP contribution in [-0.4, -0.2) is 22.0 Å². The summed E-state index contributed by atoms with van der Waals surface area (Å²) in [6.45, 7) is 6.65. The van der Waals surface area contributed by atoms with Crippen molar-refractivity contribution >= 4 is 17.2 Å². The van der Waals surface area contributed by atoms with E-state index in [1.807, 2.05) is 0 Å². The Balaban J connectivity index is 2.63. The second kappa shape index (κ2) is 2.87. The van der Waals surface area contributed by atoms with Gasteiger partial charge in [0.2, 0.25) is 0 Å². The highest BCUT2D eigenvalue weighted by Gasteiger charge is 2.25. The van der Waals surface area contributed by atoms with Gasteiger partial charge in [-0.3, -0.25) is 0 Å². The molecule has 0 saturated carbocycles. The highest BCUT2D eigenvalue weighted by molar-refractivity contribution is 7.80. The van der Waals surface area contributed by atoms with Crippen molar-refractivity contribution in [2.45, 2.75) is 45.7 Å². The Bertz CT molecular complexity index is 142. The van der Waals surface area contributed by atoms with Crippen LogP contribution in [0.4, 0.5) is 0 Å². The largest absolute Gasteiger partial charge is 0.361 e. The third kappa shape index (κ3) is 1.31. The highest BCUT2D eigenvalue weighted by atomic mass is 32.1. The maximum absolute atomic E-state index is 5.22. The van der Waals surface area contributed by atoms with Crippen molar-refractivity contribution in [2.24, 2.45) is 0 Å². The van der Waals surface area contributed by atoms with Crippen LogP contribution in [0.3, 0.4) is 0 Å². The number of nitrogens with zero attached hydrogens (tertiary/aromatic N) is 1. The van der Waals surface area contributed by atoms with Crippen LogP contribution in [0.1, 0.15) is 33.6 Å². The van der Waals surface area contributed by atoms with Gasteiger partial charge in [0.25, 0.3) is 0 Å². The molecule has 0 aromatic heterocycles. The van der Waals surface area contributed by atoms with Gasteiger partial charge in [-0.05, 0) is 33.6 Å². The third-order valence-corrected chi connectivity index (χ3v) is 2.51. The fraction of sp³-hybridized carbons (Fsp3) is 0.875. The van der Waals surface area contributed by atoms with Crippen LogP contribution >= 0.6 is 12.2 Å². The average Bonchev–Trinajstić information content (AvgIpc) is 2.11. The molecule has 0 amide bonds. The van der Waals surface area contributed by atoms with Gasteiger partial charge in [-0.15, -0.1) is 0 Å². The molecule has 58 valence electrons. The van der Waals surface area contributed by atoms with Crippen LogP contribution in [0, 0.1) is 0 Å². The van der Waals surface area contributed by atoms with E-state index in [1.165, 1.54) is 6.42 Å². The molecule has 0 aliphatic carbocycles. The quantitative estimate of drug-likeness (QED) is 0.537. The van der Waals surface area contributed by atoms with Crippen molar-refractivity contribution in [3.8, 4) is 0 Å². The van der Waals surface area contributed by atoms with Gasteiger partial charge in [0.1, 0.15) is 0 Å². The van der Waals surface area contributed by atoms with Crippen molar-refractivity contribution in [3.63, 3.8) is 0 Å². The lowest BCUT2D eigenvalue weighted by molar-refractivity contribution is 0.304. The lowest BCUT2D eigenvalue weighted by Gasteiger charge is -2.27. The van der Waals surface area contributed by atoms with E-state index in [0.717, 1.165) is 11.4 Å². The molecule has 1 nitrogen and oxygen atoms in total. The maximum atomic E-state index is 5.22. The number of likely N-dealkylation sites (tertiary alicyclic amines) is 1. The minimum absolute atomic E-state index is 0.588. The number of hydrogen-bond acceptors (Lipinski definition) is 1. The van der Waals surface area contributed by atoms with Gasteiger partial charge in [-0.1, -0.05) is 12.2 Å². The predicted molar refractivity (Wildman–Crippen MR) is 48.3 cm³/mol. The van der Waals surface area contributed by atoms with Crippen LogP contribution in [0.15, 0.2) is 0 Å². The van der Waals surface area contributed by atoms with E-state index in [1.54, 1.807) is 0 Å². The molecule has 1 atom stereocenters. The molecule has 0 N–H and O–H groups in total. The normalized spacial score (nSPS) is 26.6. The summed E-state index contributed by atoms with van der Waals surface area (Å²) in [7, 11) is 0. The first kappa shape index (κ1) is 7.99. The summed E-state index contributed by atoms with van der Waals surface area (Å²) < 4.78 is 0. The summed E-state index contributed by atoms with van der Waals surface area (Å²) >= 11 is 5.22. The lowest BCUT2D eigenvalue weighted by atomic mass is 10.2. The predicted octanol–water partition coefficient (Wildman–Crippen LogP) is 2.21. The minimum atomic E-state index is 0.588. The first-order chi connectivity index (χ1) is 4.63. The molecule has 1 heterocycles. The van der Waals surface area contributed by atoms with Crippen molar-refractivity contribution < 1.29 is 0 Å². The molecule has 10 heavy (non-hydrogen) atoms. The standard InChI is InChI=1S/C8H15NS/c1-6(2)9-7(3)4-5-8(9)10/h6-7H,4-5H2,1-3H3/t7-/m0/s1. The second-order valence-corrected chi connectivity index (χ2v) is 3.75. The van der Waals surface area contributed by atoms with Gasteiger partial charge < -0.3 is 4.90 Å². The van der Waals surface area contributed by atoms with Crippen LogP contribution in [0.25, 0.3) is 0 Å². The van der Waals surface area contributed by atoms with Gasteiger partial charge in [-0.2, -0.15) is 0 Å². The fourth-order valence-electron chi connectivity index (χ4n) is 1.64. The monoisotopic (exact) mass is 157 g/mol. The Hall–Kier alpha value is -0.110. The zero-order chi connectivity index (χ0) is 7.72. The molecule has 0 spiro atoms. The van der Waals surface area contributed by atoms with E-state index in [0.29, 0.717) is 12.1 Å². The summed E-state index contributed by atoms with van der Waals surface area (Å²) in [5.74, 6) is 0. The lowest BCUT2D eigenvalue weighted by Crippen LogP contribution is -2.36. The minimum Gasteiger partial charge on any atom is -0.361 e. The van der Waals surface area contributed by atoms with Crippen molar-refractivity contribution in [3.05, 3.63) is 0 Å². The van der Waals surface area contributed by atoms with Gasteiger partial charge in [0.15, 0.2) is 0 Å². The topological polar surface area (TPSA) is 3.24 Å². The van der Waals surface area contributed by atoms with Crippen LogP contribution in [0.5, 0.6) is 0 Å². The first-order valence-electron chi connectivity index (χ1n) is 3.94. The summed E-state index contributed by atoms with van der Waals surface area (Å²) in [6.07, 6.45) is 2.37. The van der Waals surface area contributed by atoms with Gasteiger partial charge in [-0.25, -0.2) is 0 Å². The molecular formula is C8H15NS. The zero-order valence-corrected chi connectivity index (χ0v) is 7.74. The Morgan fingerprint density at radius 1 is 1.60 bits per heavy atom. The fourth-order valence-corrected chi connectivity index (χ4v) is 2.15. The first-order valence-corrected chi connectivity index (χ1v) is 4.35. The third-order valence-electron chi connectivity index (χ3n) is 2.10. The van der Waals surface area contributed by atoms with E-state index in [2.05, 4.69) is 25.7 Å². The van der Waals surface area contributed by atoms with Crippen molar-refractivity contribution in [2.75, 3.05) is 0 Å². The summed E-state index contributed by atoms with van der Waals surface area (Å²) in [5, 5.41) is 0. The number of thiocarbonyl (C=S) groups is 1. The van der Waals surface area contributed by atoms with Crippen molar-refractivity contribution in [1.29, 1.82) is 0 Å². The van der Waals surface area contributed by atoms with Gasteiger partial charge in [0, 0.05) is 12.1 Å². The smallest absolute Gasteiger partial charge is 0.0784 e. The average molecular weight is 157 g/mol. The van der Waals surface area contributed by atoms with Crippen LogP contribution < -0.4 is 0 Å². The van der Waals surface area contributed by atoms with E-state index >= 15 is 0 Å². The highest BCUT2D eigenvalue weighted by Crippen LogP contribution is 2.21. The molecule has 1 fully saturated rings. The molecule has 1 rings (SSSR count). The number of rotatable bonds is 1. The molecule has 1 aliphatic rings. The molecule has 1 aliphatic heterocycles. The van der Waals surface area contributed by atoms with E-state index in [9.17, 15) is 0 Å². The molecule has 2 heteroatoms. The van der Waals surface area contributed by atoms with Crippen LogP contribution in [0.2, 0.25) is 0 Å². The zero-order valence-electron chi connectivity index (χ0n) is 6.92. The van der Waals surface area contributed by atoms with E-state index in [4.69, 9.17) is 12.2 Å². The van der Waals surface area contributed by atoms with Gasteiger partial charge >= 0.3 is 0 Å². The van der Waals surface area contributed by atoms with Crippen molar-refractivity contribution in [1.82, 2.24) is 4.90 Å². The Morgan fingerprint density at radius 3 is 2.40 bits per heavy atom. The van der Waals surface area contributed by atoms with E-state index in [-0.39, 0.29) is 0 Å². The Kier molecular flexibility index (Phi) is 2.29. The molecule has 0 unspecified atom stereocenters. The molecule has 0 radical (unpaired) electrons. The summed E-state index contributed by atoms with van der Waals surface area (Å²) in [4.78, 5) is 3.50. The van der Waals surface area contributed by atoms with Gasteiger partial charge in [0.05, 0.1) is 4.99 Å². The SMILES string of the molecule is CC(C)N1C(=S)CC[C@@H]1C. The molecular weight excluding hydrogens is 142 g/mol. The molecule has 0 aromatic rings. The summed E-state index contributed by atoms with van der Waals surface area (Å²) in [6, 6.07) is 1.26. The summed E-state index contributed by atoms with van der Waals surface area (Å²) in [5.41, 5.74) is 0.